The fraction of sp³-hybridized carbons (Fsp3) is 0.0870. The Morgan fingerprint density at radius 2 is 1.91 bits per heavy atom. The molecule has 5 aromatic rings. The number of thiocarbonyl (C=S) groups is 1. The monoisotopic (exact) mass is 542 g/mol. The number of nitrogens with zero attached hydrogens (tertiary/aromatic N) is 4. The highest BCUT2D eigenvalue weighted by Gasteiger charge is 2.16. The number of furan rings is 1. The summed E-state index contributed by atoms with van der Waals surface area (Å²) in [7, 11) is 0. The molecule has 2 N–H and O–H groups in total. The smallest absolute Gasteiger partial charge is 0.293 e. The predicted molar refractivity (Wildman–Crippen MR) is 141 cm³/mol. The standard InChI is InChI=1S/C23H16Cl2N6O2S2/c1-11-9-13(21-30-31-12(2)28-29-23(31)35-21)3-6-17(11)26-22(34)27-20(32)19-8-7-18(33-19)15-5-4-14(24)10-16(15)25/h3-10H,1-2H3,(H2,26,27,32,34). The van der Waals surface area contributed by atoms with Crippen molar-refractivity contribution >= 4 is 68.4 Å². The first-order valence-corrected chi connectivity index (χ1v) is 12.2. The Balaban J connectivity index is 1.26. The fourth-order valence-electron chi connectivity index (χ4n) is 3.38. The van der Waals surface area contributed by atoms with Gasteiger partial charge in [0.15, 0.2) is 16.7 Å². The van der Waals surface area contributed by atoms with Gasteiger partial charge in [0.1, 0.15) is 10.8 Å². The van der Waals surface area contributed by atoms with Crippen molar-refractivity contribution in [1.82, 2.24) is 25.1 Å². The molecular weight excluding hydrogens is 527 g/mol. The first-order valence-electron chi connectivity index (χ1n) is 10.3. The third-order valence-corrected chi connectivity index (χ3v) is 6.82. The largest absolute Gasteiger partial charge is 0.451 e. The van der Waals surface area contributed by atoms with Crippen LogP contribution in [0.4, 0.5) is 5.69 Å². The van der Waals surface area contributed by atoms with Gasteiger partial charge in [0.25, 0.3) is 5.91 Å². The van der Waals surface area contributed by atoms with Crippen LogP contribution in [0.5, 0.6) is 0 Å². The van der Waals surface area contributed by atoms with Crippen molar-refractivity contribution in [1.29, 1.82) is 0 Å². The molecule has 0 saturated carbocycles. The van der Waals surface area contributed by atoms with Crippen molar-refractivity contribution < 1.29 is 9.21 Å². The summed E-state index contributed by atoms with van der Waals surface area (Å²) in [6.07, 6.45) is 0. The molecule has 3 aromatic heterocycles. The van der Waals surface area contributed by atoms with Crippen LogP contribution in [-0.4, -0.2) is 30.8 Å². The van der Waals surface area contributed by atoms with E-state index in [4.69, 9.17) is 39.8 Å². The van der Waals surface area contributed by atoms with Crippen molar-refractivity contribution in [3.63, 3.8) is 0 Å². The van der Waals surface area contributed by atoms with Gasteiger partial charge < -0.3 is 9.73 Å². The van der Waals surface area contributed by atoms with Gasteiger partial charge in [-0.15, -0.1) is 10.2 Å². The lowest BCUT2D eigenvalue weighted by Crippen LogP contribution is -2.34. The Labute approximate surface area is 218 Å². The molecule has 3 heterocycles. The van der Waals surface area contributed by atoms with Crippen molar-refractivity contribution in [3.05, 3.63) is 75.7 Å². The highest BCUT2D eigenvalue weighted by atomic mass is 35.5. The molecule has 0 bridgehead atoms. The normalized spacial score (nSPS) is 11.1. The van der Waals surface area contributed by atoms with E-state index < -0.39 is 5.91 Å². The molecule has 1 amide bonds. The van der Waals surface area contributed by atoms with E-state index in [2.05, 4.69) is 25.9 Å². The number of amides is 1. The minimum Gasteiger partial charge on any atom is -0.451 e. The first-order chi connectivity index (χ1) is 16.8. The van der Waals surface area contributed by atoms with Gasteiger partial charge >= 0.3 is 0 Å². The fourth-order valence-corrected chi connectivity index (χ4v) is 4.97. The van der Waals surface area contributed by atoms with Crippen LogP contribution in [-0.2, 0) is 0 Å². The summed E-state index contributed by atoms with van der Waals surface area (Å²) in [4.78, 5) is 13.4. The number of carbonyl (C=O) groups is 1. The van der Waals surface area contributed by atoms with Crippen LogP contribution in [0.1, 0.15) is 21.9 Å². The topological polar surface area (TPSA) is 97.4 Å². The number of fused-ring (bicyclic) bond motifs is 1. The van der Waals surface area contributed by atoms with E-state index in [-0.39, 0.29) is 10.9 Å². The molecule has 8 nitrogen and oxygen atoms in total. The van der Waals surface area contributed by atoms with Crippen LogP contribution in [0.3, 0.4) is 0 Å². The van der Waals surface area contributed by atoms with Crippen LogP contribution in [0.2, 0.25) is 10.0 Å². The summed E-state index contributed by atoms with van der Waals surface area (Å²) >= 11 is 19.0. The maximum Gasteiger partial charge on any atom is 0.293 e. The molecule has 176 valence electrons. The summed E-state index contributed by atoms with van der Waals surface area (Å²) < 4.78 is 7.39. The molecule has 0 saturated heterocycles. The first kappa shape index (κ1) is 23.4. The van der Waals surface area contributed by atoms with Crippen LogP contribution in [0, 0.1) is 13.8 Å². The van der Waals surface area contributed by atoms with Gasteiger partial charge in [-0.3, -0.25) is 10.1 Å². The molecule has 0 atom stereocenters. The SMILES string of the molecule is Cc1cc(-c2nn3c(C)nnc3s2)ccc1NC(=S)NC(=O)c1ccc(-c2ccc(Cl)cc2Cl)o1. The van der Waals surface area contributed by atoms with Crippen molar-refractivity contribution in [2.24, 2.45) is 0 Å². The quantitative estimate of drug-likeness (QED) is 0.262. The number of aromatic nitrogens is 4. The Morgan fingerprint density at radius 3 is 2.66 bits per heavy atom. The Bertz CT molecular complexity index is 1610. The molecule has 0 fully saturated rings. The number of hydrogen-bond donors (Lipinski definition) is 2. The second-order valence-electron chi connectivity index (χ2n) is 7.57. The van der Waals surface area contributed by atoms with E-state index in [9.17, 15) is 4.79 Å². The summed E-state index contributed by atoms with van der Waals surface area (Å²) in [6, 6.07) is 14.0. The van der Waals surface area contributed by atoms with Gasteiger partial charge in [0, 0.05) is 21.8 Å². The van der Waals surface area contributed by atoms with Crippen molar-refractivity contribution in [3.8, 4) is 21.9 Å². The zero-order chi connectivity index (χ0) is 24.7. The summed E-state index contributed by atoms with van der Waals surface area (Å²) in [6.45, 7) is 3.80. The summed E-state index contributed by atoms with van der Waals surface area (Å²) in [5, 5.41) is 20.3. The van der Waals surface area contributed by atoms with E-state index in [1.807, 2.05) is 32.0 Å². The van der Waals surface area contributed by atoms with Gasteiger partial charge in [0.05, 0.1) is 5.02 Å². The van der Waals surface area contributed by atoms with Crippen molar-refractivity contribution in [2.45, 2.75) is 13.8 Å². The van der Waals surface area contributed by atoms with Crippen LogP contribution in [0.15, 0.2) is 52.9 Å². The van der Waals surface area contributed by atoms with Gasteiger partial charge in [-0.05, 0) is 80.2 Å². The lowest BCUT2D eigenvalue weighted by atomic mass is 10.1. The van der Waals surface area contributed by atoms with E-state index in [0.717, 1.165) is 32.6 Å². The van der Waals surface area contributed by atoms with Crippen LogP contribution in [0.25, 0.3) is 26.9 Å². The lowest BCUT2D eigenvalue weighted by Gasteiger charge is -2.12. The van der Waals surface area contributed by atoms with Gasteiger partial charge in [0.2, 0.25) is 4.96 Å². The molecular formula is C23H16Cl2N6O2S2. The second-order valence-corrected chi connectivity index (χ2v) is 9.78. The average Bonchev–Trinajstić information content (AvgIpc) is 3.53. The Kier molecular flexibility index (Phi) is 6.28. The van der Waals surface area contributed by atoms with Crippen LogP contribution >= 0.6 is 46.8 Å². The number of aryl methyl sites for hydroxylation is 2. The number of benzene rings is 2. The number of hydrogen-bond acceptors (Lipinski definition) is 7. The molecule has 0 radical (unpaired) electrons. The molecule has 2 aromatic carbocycles. The minimum absolute atomic E-state index is 0.0980. The maximum absolute atomic E-state index is 12.6. The summed E-state index contributed by atoms with van der Waals surface area (Å²) in [5.41, 5.74) is 3.26. The van der Waals surface area contributed by atoms with E-state index in [1.165, 1.54) is 11.3 Å². The molecule has 0 aliphatic heterocycles. The molecule has 5 rings (SSSR count). The minimum atomic E-state index is -0.483. The zero-order valence-electron chi connectivity index (χ0n) is 18.3. The Morgan fingerprint density at radius 1 is 1.09 bits per heavy atom. The lowest BCUT2D eigenvalue weighted by molar-refractivity contribution is 0.0951. The molecule has 0 aliphatic rings. The van der Waals surface area contributed by atoms with E-state index >= 15 is 0 Å². The van der Waals surface area contributed by atoms with Gasteiger partial charge in [-0.2, -0.15) is 9.61 Å². The molecule has 12 heteroatoms. The van der Waals surface area contributed by atoms with E-state index in [1.54, 1.807) is 34.8 Å². The Hall–Kier alpha value is -3.31. The highest BCUT2D eigenvalue weighted by Crippen LogP contribution is 2.32. The molecule has 0 unspecified atom stereocenters. The molecule has 35 heavy (non-hydrogen) atoms. The number of halogens is 2. The molecule has 0 spiro atoms. The number of nitrogens with one attached hydrogen (secondary N) is 2. The van der Waals surface area contributed by atoms with Crippen LogP contribution < -0.4 is 10.6 Å². The summed E-state index contributed by atoms with van der Waals surface area (Å²) in [5.74, 6) is 0.797. The average molecular weight is 543 g/mol. The van der Waals surface area contributed by atoms with Gasteiger partial charge in [-0.25, -0.2) is 0 Å². The maximum atomic E-state index is 12.6. The third-order valence-electron chi connectivity index (χ3n) is 5.12. The third kappa shape index (κ3) is 4.78. The van der Waals surface area contributed by atoms with Gasteiger partial charge in [-0.1, -0.05) is 34.5 Å². The predicted octanol–water partition coefficient (Wildman–Crippen LogP) is 6.16. The molecule has 0 aliphatic carbocycles. The van der Waals surface area contributed by atoms with E-state index in [0.29, 0.717) is 21.4 Å². The number of rotatable bonds is 4. The highest BCUT2D eigenvalue weighted by molar-refractivity contribution is 7.80. The zero-order valence-corrected chi connectivity index (χ0v) is 21.4. The number of anilines is 1. The number of carbonyl (C=O) groups excluding carboxylic acids is 1. The second kappa shape index (κ2) is 9.38. The van der Waals surface area contributed by atoms with Crippen molar-refractivity contribution in [2.75, 3.05) is 5.32 Å².